The van der Waals surface area contributed by atoms with Crippen LogP contribution in [0.25, 0.3) is 10.6 Å². The fraction of sp³-hybridized carbons (Fsp3) is 0.500. The van der Waals surface area contributed by atoms with E-state index in [0.717, 1.165) is 41.9 Å². The van der Waals surface area contributed by atoms with Crippen molar-refractivity contribution in [3.63, 3.8) is 0 Å². The number of rotatable bonds is 2. The van der Waals surface area contributed by atoms with Crippen LogP contribution in [0.15, 0.2) is 24.3 Å². The van der Waals surface area contributed by atoms with Crippen LogP contribution in [0.4, 0.5) is 0 Å². The highest BCUT2D eigenvalue weighted by Gasteiger charge is 2.44. The Morgan fingerprint density at radius 2 is 2.15 bits per heavy atom. The Hall–Kier alpha value is -1.43. The number of amides is 1. The maximum absolute atomic E-state index is 13.1. The molecule has 0 spiro atoms. The maximum atomic E-state index is 13.1. The zero-order valence-electron chi connectivity index (χ0n) is 14.9. The number of carbonyl (C=O) groups excluding carboxylic acids is 1. The van der Waals surface area contributed by atoms with E-state index in [1.807, 2.05) is 36.1 Å². The number of hydrogen-bond acceptors (Lipinski definition) is 4. The zero-order chi connectivity index (χ0) is 18.3. The maximum Gasteiger partial charge on any atom is 0.265 e. The first-order valence-corrected chi connectivity index (χ1v) is 10.4. The van der Waals surface area contributed by atoms with Crippen molar-refractivity contribution >= 4 is 28.8 Å². The van der Waals surface area contributed by atoms with Gasteiger partial charge in [0.2, 0.25) is 0 Å². The van der Waals surface area contributed by atoms with Crippen molar-refractivity contribution in [3.8, 4) is 10.6 Å². The molecular formula is C20H23ClN2O2S. The number of benzene rings is 1. The predicted molar refractivity (Wildman–Crippen MR) is 105 cm³/mol. The predicted octanol–water partition coefficient (Wildman–Crippen LogP) is 4.54. The van der Waals surface area contributed by atoms with Crippen LogP contribution in [-0.2, 0) is 0 Å². The van der Waals surface area contributed by atoms with Crippen molar-refractivity contribution in [2.24, 2.45) is 5.92 Å². The third-order valence-electron chi connectivity index (χ3n) is 5.81. The molecule has 4 nitrogen and oxygen atoms in total. The second kappa shape index (κ2) is 6.95. The standard InChI is InChI=1S/C20H23ClN2O2S/c1-13-17(26-18(22-13)15-7-2-3-8-16(15)21)19(24)23-11-10-20(25)9-5-4-6-14(20)12-23/h2-3,7-8,14,25H,4-6,9-12H2,1H3/t14-,20-/m0/s1. The lowest BCUT2D eigenvalue weighted by molar-refractivity contribution is -0.0885. The number of thiazole rings is 1. The Kier molecular flexibility index (Phi) is 4.80. The number of aliphatic hydroxyl groups is 1. The lowest BCUT2D eigenvalue weighted by Crippen LogP contribution is -2.54. The molecule has 1 aromatic carbocycles. The van der Waals surface area contributed by atoms with Crippen LogP contribution in [-0.4, -0.2) is 39.6 Å². The van der Waals surface area contributed by atoms with Gasteiger partial charge in [-0.2, -0.15) is 0 Å². The Bertz CT molecular complexity index is 837. The van der Waals surface area contributed by atoms with Gasteiger partial charge in [0.1, 0.15) is 9.88 Å². The van der Waals surface area contributed by atoms with Gasteiger partial charge < -0.3 is 10.0 Å². The number of likely N-dealkylation sites (tertiary alicyclic amines) is 1. The third-order valence-corrected chi connectivity index (χ3v) is 7.32. The van der Waals surface area contributed by atoms with Crippen LogP contribution in [0.2, 0.25) is 5.02 Å². The minimum Gasteiger partial charge on any atom is -0.389 e. The Morgan fingerprint density at radius 3 is 2.96 bits per heavy atom. The SMILES string of the molecule is Cc1nc(-c2ccccc2Cl)sc1C(=O)N1CC[C@@]2(O)CCCC[C@H]2C1. The number of hydrogen-bond donors (Lipinski definition) is 1. The fourth-order valence-corrected chi connectivity index (χ4v) is 5.60. The van der Waals surface area contributed by atoms with Gasteiger partial charge in [-0.15, -0.1) is 11.3 Å². The normalized spacial score (nSPS) is 25.8. The van der Waals surface area contributed by atoms with Gasteiger partial charge in [-0.3, -0.25) is 4.79 Å². The summed E-state index contributed by atoms with van der Waals surface area (Å²) in [5.74, 6) is 0.233. The van der Waals surface area contributed by atoms with Gasteiger partial charge in [0.15, 0.2) is 0 Å². The summed E-state index contributed by atoms with van der Waals surface area (Å²) < 4.78 is 0. The largest absolute Gasteiger partial charge is 0.389 e. The van der Waals surface area contributed by atoms with E-state index in [-0.39, 0.29) is 11.8 Å². The minimum atomic E-state index is -0.569. The molecule has 6 heteroatoms. The molecule has 0 bridgehead atoms. The summed E-state index contributed by atoms with van der Waals surface area (Å²) in [6.07, 6.45) is 4.79. The zero-order valence-corrected chi connectivity index (χ0v) is 16.4. The number of fused-ring (bicyclic) bond motifs is 1. The number of nitrogens with zero attached hydrogens (tertiary/aromatic N) is 2. The summed E-state index contributed by atoms with van der Waals surface area (Å²) >= 11 is 7.69. The van der Waals surface area contributed by atoms with Crippen LogP contribution in [0.1, 0.15) is 47.5 Å². The first-order chi connectivity index (χ1) is 12.5. The topological polar surface area (TPSA) is 53.4 Å². The van der Waals surface area contributed by atoms with Crippen LogP contribution in [0.5, 0.6) is 0 Å². The third kappa shape index (κ3) is 3.17. The molecule has 4 rings (SSSR count). The molecule has 1 amide bonds. The van der Waals surface area contributed by atoms with Gasteiger partial charge in [0.25, 0.3) is 5.91 Å². The van der Waals surface area contributed by atoms with Gasteiger partial charge in [0.05, 0.1) is 16.3 Å². The molecule has 0 unspecified atom stereocenters. The van der Waals surface area contributed by atoms with E-state index in [2.05, 4.69) is 4.98 Å². The van der Waals surface area contributed by atoms with Gasteiger partial charge in [0, 0.05) is 24.6 Å². The molecule has 2 aliphatic rings. The average molecular weight is 391 g/mol. The van der Waals surface area contributed by atoms with Gasteiger partial charge in [-0.25, -0.2) is 4.98 Å². The molecule has 1 saturated carbocycles. The van der Waals surface area contributed by atoms with Crippen LogP contribution in [0.3, 0.4) is 0 Å². The van der Waals surface area contributed by atoms with E-state index >= 15 is 0 Å². The molecule has 2 fully saturated rings. The number of aryl methyl sites for hydroxylation is 1. The van der Waals surface area contributed by atoms with Crippen molar-refractivity contribution < 1.29 is 9.90 Å². The summed E-state index contributed by atoms with van der Waals surface area (Å²) in [6.45, 7) is 3.14. The van der Waals surface area contributed by atoms with Gasteiger partial charge in [-0.05, 0) is 32.3 Å². The molecule has 2 heterocycles. The molecule has 1 saturated heterocycles. The molecular weight excluding hydrogens is 368 g/mol. The summed E-state index contributed by atoms with van der Waals surface area (Å²) in [5, 5.41) is 12.3. The quantitative estimate of drug-likeness (QED) is 0.819. The molecule has 138 valence electrons. The lowest BCUT2D eigenvalue weighted by atomic mass is 9.71. The van der Waals surface area contributed by atoms with Crippen molar-refractivity contribution in [1.29, 1.82) is 0 Å². The second-order valence-corrected chi connectivity index (χ2v) is 8.87. The Morgan fingerprint density at radius 1 is 1.35 bits per heavy atom. The molecule has 1 N–H and O–H groups in total. The number of piperidine rings is 1. The summed E-state index contributed by atoms with van der Waals surface area (Å²) in [4.78, 5) is 20.3. The molecule has 2 atom stereocenters. The number of carbonyl (C=O) groups is 1. The van der Waals surface area contributed by atoms with Gasteiger partial charge >= 0.3 is 0 Å². The number of aromatic nitrogens is 1. The Balaban J connectivity index is 1.57. The highest BCUT2D eigenvalue weighted by molar-refractivity contribution is 7.17. The average Bonchev–Trinajstić information content (AvgIpc) is 3.02. The van der Waals surface area contributed by atoms with E-state index in [1.165, 1.54) is 11.3 Å². The van der Waals surface area contributed by atoms with Crippen LogP contribution in [0, 0.1) is 12.8 Å². The van der Waals surface area contributed by atoms with E-state index in [1.54, 1.807) is 0 Å². The minimum absolute atomic E-state index is 0.0333. The molecule has 1 aliphatic carbocycles. The van der Waals surface area contributed by atoms with Crippen molar-refractivity contribution in [1.82, 2.24) is 9.88 Å². The van der Waals surface area contributed by atoms with E-state index in [4.69, 9.17) is 11.6 Å². The monoisotopic (exact) mass is 390 g/mol. The van der Waals surface area contributed by atoms with E-state index in [0.29, 0.717) is 29.4 Å². The van der Waals surface area contributed by atoms with Crippen LogP contribution >= 0.6 is 22.9 Å². The molecule has 26 heavy (non-hydrogen) atoms. The van der Waals surface area contributed by atoms with Crippen molar-refractivity contribution in [3.05, 3.63) is 39.9 Å². The summed E-state index contributed by atoms with van der Waals surface area (Å²) in [7, 11) is 0. The molecule has 1 aromatic heterocycles. The van der Waals surface area contributed by atoms with Crippen molar-refractivity contribution in [2.75, 3.05) is 13.1 Å². The Labute approximate surface area is 162 Å². The molecule has 0 radical (unpaired) electrons. The fourth-order valence-electron chi connectivity index (χ4n) is 4.24. The molecule has 2 aromatic rings. The van der Waals surface area contributed by atoms with E-state index < -0.39 is 5.60 Å². The first-order valence-electron chi connectivity index (χ1n) is 9.22. The highest BCUT2D eigenvalue weighted by atomic mass is 35.5. The van der Waals surface area contributed by atoms with Gasteiger partial charge in [-0.1, -0.05) is 42.6 Å². The molecule has 1 aliphatic heterocycles. The number of halogens is 1. The summed E-state index contributed by atoms with van der Waals surface area (Å²) in [6, 6.07) is 7.58. The van der Waals surface area contributed by atoms with Crippen molar-refractivity contribution in [2.45, 2.75) is 44.6 Å². The smallest absolute Gasteiger partial charge is 0.265 e. The summed E-state index contributed by atoms with van der Waals surface area (Å²) in [5.41, 5.74) is 1.04. The lowest BCUT2D eigenvalue weighted by Gasteiger charge is -2.47. The first kappa shape index (κ1) is 18.0. The second-order valence-electron chi connectivity index (χ2n) is 7.46. The van der Waals surface area contributed by atoms with E-state index in [9.17, 15) is 9.90 Å². The highest BCUT2D eigenvalue weighted by Crippen LogP contribution is 2.41. The van der Waals surface area contributed by atoms with Crippen LogP contribution < -0.4 is 0 Å².